The second kappa shape index (κ2) is 3.60. The lowest BCUT2D eigenvalue weighted by atomic mass is 9.93. The molecule has 1 saturated heterocycles. The van der Waals surface area contributed by atoms with E-state index in [1.165, 1.54) is 0 Å². The second-order valence-electron chi connectivity index (χ2n) is 2.64. The van der Waals surface area contributed by atoms with Crippen molar-refractivity contribution in [2.24, 2.45) is 11.7 Å². The lowest BCUT2D eigenvalue weighted by molar-refractivity contribution is 0.0636. The molecule has 1 rings (SSSR count). The molecule has 0 aromatic carbocycles. The van der Waals surface area contributed by atoms with Gasteiger partial charge >= 0.3 is 0 Å². The van der Waals surface area contributed by atoms with Gasteiger partial charge in [-0.25, -0.2) is 0 Å². The van der Waals surface area contributed by atoms with Gasteiger partial charge in [-0.3, -0.25) is 0 Å². The van der Waals surface area contributed by atoms with Crippen molar-refractivity contribution in [3.63, 3.8) is 0 Å². The summed E-state index contributed by atoms with van der Waals surface area (Å²) in [6.07, 6.45) is 7.23. The molecule has 1 aliphatic heterocycles. The monoisotopic (exact) mass is 139 g/mol. The Morgan fingerprint density at radius 2 is 2.10 bits per heavy atom. The highest BCUT2D eigenvalue weighted by Crippen LogP contribution is 2.16. The summed E-state index contributed by atoms with van der Waals surface area (Å²) in [4.78, 5) is 0. The summed E-state index contributed by atoms with van der Waals surface area (Å²) < 4.78 is 5.17. The molecule has 0 amide bonds. The third-order valence-electron chi connectivity index (χ3n) is 1.97. The van der Waals surface area contributed by atoms with E-state index in [1.807, 2.05) is 0 Å². The zero-order valence-electron chi connectivity index (χ0n) is 6.05. The maximum absolute atomic E-state index is 5.66. The third kappa shape index (κ3) is 1.73. The Balaban J connectivity index is 2.33. The summed E-state index contributed by atoms with van der Waals surface area (Å²) in [5, 5.41) is 0. The zero-order valence-corrected chi connectivity index (χ0v) is 6.05. The summed E-state index contributed by atoms with van der Waals surface area (Å²) in [7, 11) is 0. The summed E-state index contributed by atoms with van der Waals surface area (Å²) in [5.74, 6) is 3.04. The van der Waals surface area contributed by atoms with Gasteiger partial charge in [-0.1, -0.05) is 5.92 Å². The van der Waals surface area contributed by atoms with Crippen LogP contribution in [0.2, 0.25) is 0 Å². The average Bonchev–Trinajstić information content (AvgIpc) is 2.05. The van der Waals surface area contributed by atoms with E-state index in [4.69, 9.17) is 16.9 Å². The van der Waals surface area contributed by atoms with Gasteiger partial charge in [-0.2, -0.15) is 0 Å². The predicted molar refractivity (Wildman–Crippen MR) is 40.4 cm³/mol. The van der Waals surface area contributed by atoms with E-state index in [1.54, 1.807) is 0 Å². The van der Waals surface area contributed by atoms with Gasteiger partial charge < -0.3 is 10.5 Å². The van der Waals surface area contributed by atoms with Crippen LogP contribution in [0, 0.1) is 18.3 Å². The minimum Gasteiger partial charge on any atom is -0.381 e. The maximum atomic E-state index is 5.66. The Labute approximate surface area is 61.7 Å². The van der Waals surface area contributed by atoms with Crippen molar-refractivity contribution < 1.29 is 4.74 Å². The van der Waals surface area contributed by atoms with Gasteiger partial charge in [0, 0.05) is 13.2 Å². The molecular formula is C8H13NO. The van der Waals surface area contributed by atoms with E-state index in [0.29, 0.717) is 5.92 Å². The molecule has 10 heavy (non-hydrogen) atoms. The van der Waals surface area contributed by atoms with Crippen LogP contribution in [-0.4, -0.2) is 19.3 Å². The molecule has 0 aromatic heterocycles. The fraction of sp³-hybridized carbons (Fsp3) is 0.750. The Hall–Kier alpha value is -0.520. The van der Waals surface area contributed by atoms with Crippen LogP contribution in [-0.2, 0) is 4.74 Å². The first-order valence-corrected chi connectivity index (χ1v) is 3.64. The van der Waals surface area contributed by atoms with Crippen LogP contribution < -0.4 is 5.73 Å². The molecule has 2 N–H and O–H groups in total. The number of hydrogen-bond donors (Lipinski definition) is 1. The molecule has 0 aromatic rings. The van der Waals surface area contributed by atoms with Crippen LogP contribution >= 0.6 is 0 Å². The van der Waals surface area contributed by atoms with Crippen LogP contribution in [0.15, 0.2) is 0 Å². The smallest absolute Gasteiger partial charge is 0.0692 e. The van der Waals surface area contributed by atoms with Gasteiger partial charge in [0.25, 0.3) is 0 Å². The first kappa shape index (κ1) is 7.59. The first-order chi connectivity index (χ1) is 4.84. The average molecular weight is 139 g/mol. The predicted octanol–water partition coefficient (Wildman–Crippen LogP) is 0.373. The molecule has 0 saturated carbocycles. The molecule has 1 unspecified atom stereocenters. The van der Waals surface area contributed by atoms with Crippen LogP contribution in [0.5, 0.6) is 0 Å². The van der Waals surface area contributed by atoms with Gasteiger partial charge in [-0.15, -0.1) is 6.42 Å². The van der Waals surface area contributed by atoms with Crippen LogP contribution in [0.3, 0.4) is 0 Å². The molecule has 0 aliphatic carbocycles. The molecule has 1 heterocycles. The lowest BCUT2D eigenvalue weighted by Crippen LogP contribution is -2.32. The van der Waals surface area contributed by atoms with Gasteiger partial charge in [0.05, 0.1) is 6.04 Å². The number of terminal acetylenes is 1. The number of ether oxygens (including phenoxy) is 1. The van der Waals surface area contributed by atoms with Gasteiger partial charge in [0.1, 0.15) is 0 Å². The van der Waals surface area contributed by atoms with Crippen molar-refractivity contribution in [2.45, 2.75) is 18.9 Å². The standard InChI is InChI=1S/C8H13NO/c1-2-8(9)7-3-5-10-6-4-7/h1,7-8H,3-6,9H2. The normalized spacial score (nSPS) is 23.6. The number of rotatable bonds is 1. The summed E-state index contributed by atoms with van der Waals surface area (Å²) in [6.45, 7) is 1.64. The second-order valence-corrected chi connectivity index (χ2v) is 2.64. The van der Waals surface area contributed by atoms with E-state index in [2.05, 4.69) is 5.92 Å². The first-order valence-electron chi connectivity index (χ1n) is 3.64. The van der Waals surface area contributed by atoms with Crippen LogP contribution in [0.1, 0.15) is 12.8 Å². The molecule has 1 aliphatic rings. The van der Waals surface area contributed by atoms with Crippen molar-refractivity contribution in [3.8, 4) is 12.3 Å². The fourth-order valence-corrected chi connectivity index (χ4v) is 1.21. The summed E-state index contributed by atoms with van der Waals surface area (Å²) in [5.41, 5.74) is 5.66. The Morgan fingerprint density at radius 3 is 2.60 bits per heavy atom. The molecule has 1 atom stereocenters. The van der Waals surface area contributed by atoms with Crippen molar-refractivity contribution in [2.75, 3.05) is 13.2 Å². The van der Waals surface area contributed by atoms with Gasteiger partial charge in [-0.05, 0) is 18.8 Å². The van der Waals surface area contributed by atoms with Crippen molar-refractivity contribution in [1.82, 2.24) is 0 Å². The highest BCUT2D eigenvalue weighted by Gasteiger charge is 2.18. The summed E-state index contributed by atoms with van der Waals surface area (Å²) in [6, 6.07) is -0.0658. The summed E-state index contributed by atoms with van der Waals surface area (Å²) >= 11 is 0. The molecule has 0 radical (unpaired) electrons. The van der Waals surface area contributed by atoms with Crippen LogP contribution in [0.4, 0.5) is 0 Å². The van der Waals surface area contributed by atoms with Crippen molar-refractivity contribution in [3.05, 3.63) is 0 Å². The minimum atomic E-state index is -0.0658. The Bertz CT molecular complexity index is 133. The van der Waals surface area contributed by atoms with E-state index in [0.717, 1.165) is 26.1 Å². The van der Waals surface area contributed by atoms with Crippen LogP contribution in [0.25, 0.3) is 0 Å². The van der Waals surface area contributed by atoms with Crippen molar-refractivity contribution in [1.29, 1.82) is 0 Å². The number of nitrogens with two attached hydrogens (primary N) is 1. The quantitative estimate of drug-likeness (QED) is 0.533. The van der Waals surface area contributed by atoms with Crippen molar-refractivity contribution >= 4 is 0 Å². The highest BCUT2D eigenvalue weighted by molar-refractivity contribution is 5.00. The van der Waals surface area contributed by atoms with E-state index in [9.17, 15) is 0 Å². The molecule has 2 heteroatoms. The van der Waals surface area contributed by atoms with Gasteiger partial charge in [0.2, 0.25) is 0 Å². The molecule has 0 spiro atoms. The topological polar surface area (TPSA) is 35.2 Å². The lowest BCUT2D eigenvalue weighted by Gasteiger charge is -2.24. The van der Waals surface area contributed by atoms with E-state index >= 15 is 0 Å². The molecule has 0 bridgehead atoms. The molecule has 56 valence electrons. The highest BCUT2D eigenvalue weighted by atomic mass is 16.5. The Morgan fingerprint density at radius 1 is 1.50 bits per heavy atom. The Kier molecular flexibility index (Phi) is 2.73. The molecule has 2 nitrogen and oxygen atoms in total. The van der Waals surface area contributed by atoms with E-state index in [-0.39, 0.29) is 6.04 Å². The fourth-order valence-electron chi connectivity index (χ4n) is 1.21. The maximum Gasteiger partial charge on any atom is 0.0692 e. The number of hydrogen-bond acceptors (Lipinski definition) is 2. The SMILES string of the molecule is C#CC(N)C1CCOCC1. The molecular weight excluding hydrogens is 126 g/mol. The van der Waals surface area contributed by atoms with E-state index < -0.39 is 0 Å². The zero-order chi connectivity index (χ0) is 7.40. The van der Waals surface area contributed by atoms with Gasteiger partial charge in [0.15, 0.2) is 0 Å². The molecule has 1 fully saturated rings. The minimum absolute atomic E-state index is 0.0658. The third-order valence-corrected chi connectivity index (χ3v) is 1.97. The largest absolute Gasteiger partial charge is 0.381 e.